The molecule has 2 amide bonds. The van der Waals surface area contributed by atoms with E-state index in [0.717, 1.165) is 31.7 Å². The van der Waals surface area contributed by atoms with Gasteiger partial charge in [-0.25, -0.2) is 4.52 Å². The van der Waals surface area contributed by atoms with E-state index in [1.54, 1.807) is 17.2 Å². The zero-order valence-electron chi connectivity index (χ0n) is 17.0. The topological polar surface area (TPSA) is 57.9 Å². The van der Waals surface area contributed by atoms with Crippen molar-refractivity contribution in [2.24, 2.45) is 11.8 Å². The summed E-state index contributed by atoms with van der Waals surface area (Å²) in [5, 5.41) is 3.79. The van der Waals surface area contributed by atoms with E-state index < -0.39 is 17.8 Å². The van der Waals surface area contributed by atoms with E-state index in [9.17, 15) is 22.8 Å². The molecule has 3 saturated carbocycles. The summed E-state index contributed by atoms with van der Waals surface area (Å²) in [5.74, 6) is 0.259. The highest BCUT2D eigenvalue weighted by Gasteiger charge is 2.56. The van der Waals surface area contributed by atoms with Crippen LogP contribution in [0.2, 0.25) is 5.02 Å². The van der Waals surface area contributed by atoms with Gasteiger partial charge in [-0.3, -0.25) is 9.59 Å². The van der Waals surface area contributed by atoms with E-state index in [-0.39, 0.29) is 40.6 Å². The molecule has 6 nitrogen and oxygen atoms in total. The molecule has 168 valence electrons. The summed E-state index contributed by atoms with van der Waals surface area (Å²) in [7, 11) is 0. The molecule has 4 aliphatic rings. The van der Waals surface area contributed by atoms with Crippen LogP contribution in [-0.4, -0.2) is 43.8 Å². The first-order valence-corrected chi connectivity index (χ1v) is 11.2. The highest BCUT2D eigenvalue weighted by Crippen LogP contribution is 2.55. The first-order chi connectivity index (χ1) is 15.2. The van der Waals surface area contributed by atoms with Crippen LogP contribution in [0.25, 0.3) is 5.52 Å². The highest BCUT2D eigenvalue weighted by molar-refractivity contribution is 6.36. The molecule has 2 aromatic heterocycles. The van der Waals surface area contributed by atoms with Crippen molar-refractivity contribution in [3.05, 3.63) is 46.5 Å². The molecule has 2 aromatic rings. The van der Waals surface area contributed by atoms with Crippen LogP contribution >= 0.6 is 11.6 Å². The zero-order chi connectivity index (χ0) is 22.4. The first-order valence-electron chi connectivity index (χ1n) is 10.8. The van der Waals surface area contributed by atoms with Crippen LogP contribution in [-0.2, 0) is 11.0 Å². The fraction of sp³-hybridized carbons (Fsp3) is 0.500. The van der Waals surface area contributed by atoms with Crippen LogP contribution in [0.3, 0.4) is 0 Å². The molecular weight excluding hydrogens is 445 g/mol. The summed E-state index contributed by atoms with van der Waals surface area (Å²) in [5.41, 5.74) is -0.662. The predicted molar refractivity (Wildman–Crippen MR) is 109 cm³/mol. The molecule has 2 unspecified atom stereocenters. The van der Waals surface area contributed by atoms with Gasteiger partial charge in [-0.05, 0) is 61.1 Å². The number of pyridine rings is 1. The second-order valence-electron chi connectivity index (χ2n) is 9.19. The fourth-order valence-electron chi connectivity index (χ4n) is 5.38. The maximum Gasteiger partial charge on any atom is 0.433 e. The van der Waals surface area contributed by atoms with E-state index in [4.69, 9.17) is 11.6 Å². The number of carbonyl (C=O) groups is 2. The van der Waals surface area contributed by atoms with Crippen molar-refractivity contribution in [2.45, 2.75) is 50.2 Å². The predicted octanol–water partition coefficient (Wildman–Crippen LogP) is 4.44. The fourth-order valence-corrected chi connectivity index (χ4v) is 5.64. The third kappa shape index (κ3) is 3.04. The molecule has 1 aliphatic heterocycles. The van der Waals surface area contributed by atoms with Crippen molar-refractivity contribution in [1.29, 1.82) is 0 Å². The number of fused-ring (bicyclic) bond motifs is 2. The van der Waals surface area contributed by atoms with Gasteiger partial charge in [0, 0.05) is 18.4 Å². The standard InChI is InChI=1S/C22H20ClF3N4O2/c23-18-15-8-12(11-4-5-11)9-16(22(24,25)26)30(15)27-19(18)21(32)28-6-7-29(17(31)10-28)20-13-2-1-3-14(13)20/h6-9,11,13-14,20H,1-5,10H2. The molecule has 2 atom stereocenters. The minimum atomic E-state index is -4.65. The van der Waals surface area contributed by atoms with Gasteiger partial charge in [-0.15, -0.1) is 0 Å². The molecule has 6 rings (SSSR count). The number of carbonyl (C=O) groups excluding carboxylic acids is 2. The van der Waals surface area contributed by atoms with Gasteiger partial charge in [-0.2, -0.15) is 18.3 Å². The summed E-state index contributed by atoms with van der Waals surface area (Å²) in [6.45, 7) is -0.186. The van der Waals surface area contributed by atoms with Crippen LogP contribution in [0.1, 0.15) is 59.8 Å². The third-order valence-corrected chi connectivity index (χ3v) is 7.55. The molecule has 0 aromatic carbocycles. The lowest BCUT2D eigenvalue weighted by molar-refractivity contribution is -0.142. The average Bonchev–Trinajstić information content (AvgIpc) is 3.64. The van der Waals surface area contributed by atoms with Gasteiger partial charge in [0.2, 0.25) is 5.91 Å². The minimum Gasteiger partial charge on any atom is -0.312 e. The summed E-state index contributed by atoms with van der Waals surface area (Å²) >= 11 is 6.36. The Kier molecular flexibility index (Phi) is 4.22. The third-order valence-electron chi connectivity index (χ3n) is 7.18. The smallest absolute Gasteiger partial charge is 0.312 e. The van der Waals surface area contributed by atoms with Crippen molar-refractivity contribution >= 4 is 28.9 Å². The van der Waals surface area contributed by atoms with Gasteiger partial charge in [0.05, 0.1) is 10.5 Å². The van der Waals surface area contributed by atoms with Crippen LogP contribution in [0.15, 0.2) is 24.5 Å². The SMILES string of the molecule is O=C(c1nn2c(C(F)(F)F)cc(C3CC3)cc2c1Cl)N1C=CN(C2C3CCCC32)C(=O)C1. The number of rotatable bonds is 3. The van der Waals surface area contributed by atoms with E-state index >= 15 is 0 Å². The Morgan fingerprint density at radius 2 is 1.81 bits per heavy atom. The molecule has 0 bridgehead atoms. The first kappa shape index (κ1) is 20.1. The van der Waals surface area contributed by atoms with Crippen LogP contribution in [0.4, 0.5) is 13.2 Å². The number of amides is 2. The maximum atomic E-state index is 13.7. The molecule has 32 heavy (non-hydrogen) atoms. The zero-order valence-corrected chi connectivity index (χ0v) is 17.7. The number of halogens is 4. The summed E-state index contributed by atoms with van der Waals surface area (Å²) in [6, 6.07) is 2.86. The lowest BCUT2D eigenvalue weighted by Crippen LogP contribution is -2.44. The monoisotopic (exact) mass is 464 g/mol. The Morgan fingerprint density at radius 1 is 1.09 bits per heavy atom. The second-order valence-corrected chi connectivity index (χ2v) is 9.56. The van der Waals surface area contributed by atoms with Crippen molar-refractivity contribution in [1.82, 2.24) is 19.4 Å². The maximum absolute atomic E-state index is 13.7. The van der Waals surface area contributed by atoms with Crippen LogP contribution < -0.4 is 0 Å². The normalized spacial score (nSPS) is 27.4. The highest BCUT2D eigenvalue weighted by atomic mass is 35.5. The van der Waals surface area contributed by atoms with Gasteiger partial charge in [0.25, 0.3) is 5.91 Å². The van der Waals surface area contributed by atoms with Crippen molar-refractivity contribution in [2.75, 3.05) is 6.54 Å². The van der Waals surface area contributed by atoms with Gasteiger partial charge in [-0.1, -0.05) is 18.0 Å². The van der Waals surface area contributed by atoms with Gasteiger partial charge < -0.3 is 9.80 Å². The number of aromatic nitrogens is 2. The summed E-state index contributed by atoms with van der Waals surface area (Å²) in [6.07, 6.45) is 3.53. The number of hydrogen-bond donors (Lipinski definition) is 0. The van der Waals surface area contributed by atoms with Crippen molar-refractivity contribution in [3.8, 4) is 0 Å². The summed E-state index contributed by atoms with van der Waals surface area (Å²) < 4.78 is 41.8. The largest absolute Gasteiger partial charge is 0.433 e. The lowest BCUT2D eigenvalue weighted by Gasteiger charge is -2.29. The molecule has 10 heteroatoms. The molecule has 3 aliphatic carbocycles. The van der Waals surface area contributed by atoms with Gasteiger partial charge >= 0.3 is 6.18 Å². The van der Waals surface area contributed by atoms with E-state index in [1.807, 2.05) is 0 Å². The van der Waals surface area contributed by atoms with Crippen molar-refractivity contribution < 1.29 is 22.8 Å². The van der Waals surface area contributed by atoms with Crippen LogP contribution in [0, 0.1) is 11.8 Å². The molecule has 3 heterocycles. The second kappa shape index (κ2) is 6.73. The quantitative estimate of drug-likeness (QED) is 0.675. The Hall–Kier alpha value is -2.55. The van der Waals surface area contributed by atoms with Crippen molar-refractivity contribution in [3.63, 3.8) is 0 Å². The Morgan fingerprint density at radius 3 is 2.44 bits per heavy atom. The lowest BCUT2D eigenvalue weighted by atomic mass is 10.1. The average molecular weight is 465 g/mol. The number of alkyl halides is 3. The van der Waals surface area contributed by atoms with Crippen LogP contribution in [0.5, 0.6) is 0 Å². The number of nitrogens with zero attached hydrogens (tertiary/aromatic N) is 4. The molecule has 0 radical (unpaired) electrons. The molecule has 0 N–H and O–H groups in total. The molecule has 3 fully saturated rings. The van der Waals surface area contributed by atoms with E-state index in [1.165, 1.54) is 17.5 Å². The van der Waals surface area contributed by atoms with E-state index in [0.29, 0.717) is 21.9 Å². The number of hydrogen-bond acceptors (Lipinski definition) is 3. The summed E-state index contributed by atoms with van der Waals surface area (Å²) in [4.78, 5) is 28.6. The molecule has 0 saturated heterocycles. The molecular formula is C22H20ClF3N4O2. The Balaban J connectivity index is 1.33. The van der Waals surface area contributed by atoms with E-state index in [2.05, 4.69) is 5.10 Å². The Bertz CT molecular complexity index is 1180. The van der Waals surface area contributed by atoms with Gasteiger partial charge in [0.15, 0.2) is 5.69 Å². The minimum absolute atomic E-state index is 0.0477. The molecule has 0 spiro atoms. The Labute approximate surface area is 186 Å². The van der Waals surface area contributed by atoms with Gasteiger partial charge in [0.1, 0.15) is 12.2 Å².